The summed E-state index contributed by atoms with van der Waals surface area (Å²) in [7, 11) is 1.79. The Balaban J connectivity index is 2.06. The maximum Gasteiger partial charge on any atom is 0.340 e. The molecule has 0 bridgehead atoms. The van der Waals surface area contributed by atoms with Crippen LogP contribution in [0.2, 0.25) is 5.02 Å². The summed E-state index contributed by atoms with van der Waals surface area (Å²) in [6, 6.07) is 4.85. The molecule has 0 spiro atoms. The lowest BCUT2D eigenvalue weighted by atomic mass is 10.2. The van der Waals surface area contributed by atoms with Gasteiger partial charge in [-0.05, 0) is 12.1 Å². The van der Waals surface area contributed by atoms with Gasteiger partial charge in [0.1, 0.15) is 6.61 Å². The van der Waals surface area contributed by atoms with E-state index in [2.05, 4.69) is 5.10 Å². The van der Waals surface area contributed by atoms with Crippen molar-refractivity contribution >= 4 is 23.3 Å². The minimum absolute atomic E-state index is 0.151. The summed E-state index contributed by atoms with van der Waals surface area (Å²) in [5.74, 6) is -0.504. The van der Waals surface area contributed by atoms with Gasteiger partial charge in [0.2, 0.25) is 0 Å². The van der Waals surface area contributed by atoms with Crippen molar-refractivity contribution in [3.8, 4) is 0 Å². The molecule has 0 radical (unpaired) electrons. The van der Waals surface area contributed by atoms with Gasteiger partial charge < -0.3 is 10.5 Å². The molecule has 0 aliphatic rings. The summed E-state index contributed by atoms with van der Waals surface area (Å²) in [5.41, 5.74) is 7.05. The van der Waals surface area contributed by atoms with E-state index in [-0.39, 0.29) is 17.2 Å². The topological polar surface area (TPSA) is 70.1 Å². The number of nitrogens with two attached hydrogens (primary N) is 1. The van der Waals surface area contributed by atoms with Crippen LogP contribution in [0.5, 0.6) is 0 Å². The Hall–Kier alpha value is -2.01. The number of anilines is 1. The zero-order valence-electron chi connectivity index (χ0n) is 9.76. The van der Waals surface area contributed by atoms with Crippen LogP contribution in [0.1, 0.15) is 15.9 Å². The van der Waals surface area contributed by atoms with Gasteiger partial charge in [0.25, 0.3) is 0 Å². The summed E-state index contributed by atoms with van der Waals surface area (Å²) in [4.78, 5) is 11.8. The van der Waals surface area contributed by atoms with Crippen molar-refractivity contribution in [1.29, 1.82) is 0 Å². The molecule has 0 aliphatic carbocycles. The monoisotopic (exact) mass is 265 g/mol. The highest BCUT2D eigenvalue weighted by Gasteiger charge is 2.13. The highest BCUT2D eigenvalue weighted by Crippen LogP contribution is 2.23. The molecule has 0 aliphatic heterocycles. The van der Waals surface area contributed by atoms with E-state index in [1.54, 1.807) is 42.3 Å². The van der Waals surface area contributed by atoms with Crippen molar-refractivity contribution in [2.75, 3.05) is 5.73 Å². The first-order valence-electron chi connectivity index (χ1n) is 5.26. The standard InChI is InChI=1S/C12H12ClN3O2/c1-16-6-8(5-15-16)7-18-12(17)9-3-2-4-10(14)11(9)13/h2-6H,7,14H2,1H3. The number of ether oxygens (including phenoxy) is 1. The van der Waals surface area contributed by atoms with Gasteiger partial charge in [-0.15, -0.1) is 0 Å². The molecule has 2 N–H and O–H groups in total. The fourth-order valence-electron chi connectivity index (χ4n) is 1.48. The lowest BCUT2D eigenvalue weighted by Crippen LogP contribution is -2.06. The first-order chi connectivity index (χ1) is 8.58. The Morgan fingerprint density at radius 2 is 2.33 bits per heavy atom. The maximum atomic E-state index is 11.8. The largest absolute Gasteiger partial charge is 0.457 e. The Labute approximate surface area is 109 Å². The van der Waals surface area contributed by atoms with Crippen LogP contribution in [0.15, 0.2) is 30.6 Å². The van der Waals surface area contributed by atoms with Crippen molar-refractivity contribution < 1.29 is 9.53 Å². The molecule has 94 valence electrons. The number of hydrogen-bond acceptors (Lipinski definition) is 4. The molecule has 2 aromatic rings. The molecule has 18 heavy (non-hydrogen) atoms. The molecule has 2 rings (SSSR count). The second-order valence-corrected chi connectivity index (χ2v) is 4.19. The number of benzene rings is 1. The Morgan fingerprint density at radius 1 is 1.56 bits per heavy atom. The Morgan fingerprint density at radius 3 is 3.00 bits per heavy atom. The first-order valence-corrected chi connectivity index (χ1v) is 5.64. The third kappa shape index (κ3) is 2.62. The molecule has 0 saturated heterocycles. The normalized spacial score (nSPS) is 10.3. The zero-order chi connectivity index (χ0) is 13.1. The molecule has 1 aromatic heterocycles. The van der Waals surface area contributed by atoms with Gasteiger partial charge in [-0.1, -0.05) is 17.7 Å². The van der Waals surface area contributed by atoms with Crippen LogP contribution in [0.3, 0.4) is 0 Å². The molecule has 5 nitrogen and oxygen atoms in total. The number of halogens is 1. The molecule has 1 heterocycles. The van der Waals surface area contributed by atoms with Crippen LogP contribution in [-0.2, 0) is 18.4 Å². The second kappa shape index (κ2) is 5.10. The summed E-state index contributed by atoms with van der Waals surface area (Å²) < 4.78 is 6.77. The predicted octanol–water partition coefficient (Wildman–Crippen LogP) is 2.01. The number of nitrogens with zero attached hydrogens (tertiary/aromatic N) is 2. The highest BCUT2D eigenvalue weighted by molar-refractivity contribution is 6.36. The van der Waals surface area contributed by atoms with Gasteiger partial charge in [-0.25, -0.2) is 4.79 Å². The van der Waals surface area contributed by atoms with Crippen molar-refractivity contribution in [3.63, 3.8) is 0 Å². The van der Waals surface area contributed by atoms with Gasteiger partial charge in [0, 0.05) is 18.8 Å². The minimum Gasteiger partial charge on any atom is -0.457 e. The summed E-state index contributed by atoms with van der Waals surface area (Å²) in [6.07, 6.45) is 3.41. The third-order valence-electron chi connectivity index (χ3n) is 2.38. The number of aryl methyl sites for hydroxylation is 1. The fourth-order valence-corrected chi connectivity index (χ4v) is 1.68. The summed E-state index contributed by atoms with van der Waals surface area (Å²) in [5, 5.41) is 4.19. The molecule has 6 heteroatoms. The van der Waals surface area contributed by atoms with E-state index in [4.69, 9.17) is 22.1 Å². The van der Waals surface area contributed by atoms with Crippen LogP contribution in [-0.4, -0.2) is 15.7 Å². The molecule has 0 amide bonds. The molecule has 0 saturated carbocycles. The lowest BCUT2D eigenvalue weighted by Gasteiger charge is -2.06. The van der Waals surface area contributed by atoms with Crippen molar-refractivity contribution in [3.05, 3.63) is 46.7 Å². The SMILES string of the molecule is Cn1cc(COC(=O)c2cccc(N)c2Cl)cn1. The Bertz CT molecular complexity index is 580. The van der Waals surface area contributed by atoms with Gasteiger partial charge in [-0.3, -0.25) is 4.68 Å². The third-order valence-corrected chi connectivity index (χ3v) is 2.80. The predicted molar refractivity (Wildman–Crippen MR) is 68.2 cm³/mol. The lowest BCUT2D eigenvalue weighted by molar-refractivity contribution is 0.0473. The molecule has 0 unspecified atom stereocenters. The number of rotatable bonds is 3. The second-order valence-electron chi connectivity index (χ2n) is 3.81. The van der Waals surface area contributed by atoms with E-state index in [0.29, 0.717) is 5.69 Å². The van der Waals surface area contributed by atoms with E-state index >= 15 is 0 Å². The molecule has 1 aromatic carbocycles. The van der Waals surface area contributed by atoms with Gasteiger partial charge in [0.05, 0.1) is 22.5 Å². The molecular formula is C12H12ClN3O2. The number of carbonyl (C=O) groups excluding carboxylic acids is 1. The fraction of sp³-hybridized carbons (Fsp3) is 0.167. The maximum absolute atomic E-state index is 11.8. The van der Waals surface area contributed by atoms with E-state index in [0.717, 1.165) is 5.56 Å². The molecular weight excluding hydrogens is 254 g/mol. The number of nitrogen functional groups attached to an aromatic ring is 1. The highest BCUT2D eigenvalue weighted by atomic mass is 35.5. The van der Waals surface area contributed by atoms with Crippen LogP contribution in [0.25, 0.3) is 0 Å². The van der Waals surface area contributed by atoms with Crippen LogP contribution in [0, 0.1) is 0 Å². The van der Waals surface area contributed by atoms with Crippen molar-refractivity contribution in [2.24, 2.45) is 7.05 Å². The molecule has 0 atom stereocenters. The molecule has 0 fully saturated rings. The average molecular weight is 266 g/mol. The van der Waals surface area contributed by atoms with E-state index in [1.165, 1.54) is 0 Å². The van der Waals surface area contributed by atoms with E-state index in [9.17, 15) is 4.79 Å². The zero-order valence-corrected chi connectivity index (χ0v) is 10.5. The van der Waals surface area contributed by atoms with Gasteiger partial charge in [-0.2, -0.15) is 5.10 Å². The number of carbonyl (C=O) groups is 1. The summed E-state index contributed by atoms with van der Waals surface area (Å²) in [6.45, 7) is 0.151. The average Bonchev–Trinajstić information content (AvgIpc) is 2.76. The smallest absolute Gasteiger partial charge is 0.340 e. The van der Waals surface area contributed by atoms with E-state index < -0.39 is 5.97 Å². The van der Waals surface area contributed by atoms with Crippen LogP contribution < -0.4 is 5.73 Å². The quantitative estimate of drug-likeness (QED) is 0.681. The van der Waals surface area contributed by atoms with Crippen LogP contribution in [0.4, 0.5) is 5.69 Å². The summed E-state index contributed by atoms with van der Waals surface area (Å²) >= 11 is 5.93. The van der Waals surface area contributed by atoms with E-state index in [1.807, 2.05) is 0 Å². The number of esters is 1. The van der Waals surface area contributed by atoms with Crippen molar-refractivity contribution in [2.45, 2.75) is 6.61 Å². The van der Waals surface area contributed by atoms with Gasteiger partial charge >= 0.3 is 5.97 Å². The number of hydrogen-bond donors (Lipinski definition) is 1. The minimum atomic E-state index is -0.504. The van der Waals surface area contributed by atoms with Gasteiger partial charge in [0.15, 0.2) is 0 Å². The first kappa shape index (κ1) is 12.4. The number of aromatic nitrogens is 2. The van der Waals surface area contributed by atoms with Crippen LogP contribution >= 0.6 is 11.6 Å². The Kier molecular flexibility index (Phi) is 3.53. The van der Waals surface area contributed by atoms with Crippen molar-refractivity contribution in [1.82, 2.24) is 9.78 Å².